The first kappa shape index (κ1) is 24.5. The number of benzene rings is 1. The van der Waals surface area contributed by atoms with Crippen molar-refractivity contribution in [2.45, 2.75) is 39.3 Å². The first-order chi connectivity index (χ1) is 15.7. The molecule has 0 saturated carbocycles. The fraction of sp³-hybridized carbons (Fsp3) is 0.280. The molecule has 3 rings (SSSR count). The van der Waals surface area contributed by atoms with E-state index in [0.717, 1.165) is 27.5 Å². The van der Waals surface area contributed by atoms with E-state index >= 15 is 0 Å². The van der Waals surface area contributed by atoms with Gasteiger partial charge in [0.2, 0.25) is 0 Å². The average Bonchev–Trinajstić information content (AvgIpc) is 3.14. The van der Waals surface area contributed by atoms with Gasteiger partial charge >= 0.3 is 5.97 Å². The normalized spacial score (nSPS) is 15.0. The molecule has 1 aliphatic heterocycles. The molecule has 0 saturated heterocycles. The Labute approximate surface area is 195 Å². The molecule has 33 heavy (non-hydrogen) atoms. The van der Waals surface area contributed by atoms with Crippen LogP contribution in [-0.4, -0.2) is 29.6 Å². The van der Waals surface area contributed by atoms with Crippen LogP contribution in [0.15, 0.2) is 54.2 Å². The van der Waals surface area contributed by atoms with Crippen molar-refractivity contribution in [1.82, 2.24) is 5.32 Å². The molecule has 0 radical (unpaired) electrons. The lowest BCUT2D eigenvalue weighted by molar-refractivity contribution is -0.132. The fourth-order valence-electron chi connectivity index (χ4n) is 3.55. The molecule has 1 atom stereocenters. The lowest BCUT2D eigenvalue weighted by atomic mass is 9.99. The van der Waals surface area contributed by atoms with Gasteiger partial charge in [-0.2, -0.15) is 0 Å². The molecule has 0 aliphatic carbocycles. The lowest BCUT2D eigenvalue weighted by Crippen LogP contribution is -2.34. The summed E-state index contributed by atoms with van der Waals surface area (Å²) in [4.78, 5) is 26.1. The summed E-state index contributed by atoms with van der Waals surface area (Å²) in [6.45, 7) is 7.93. The Morgan fingerprint density at radius 1 is 1.30 bits per heavy atom. The van der Waals surface area contributed by atoms with E-state index in [1.165, 1.54) is 30.4 Å². The maximum Gasteiger partial charge on any atom is 0.331 e. The van der Waals surface area contributed by atoms with Crippen molar-refractivity contribution in [3.63, 3.8) is 0 Å². The van der Waals surface area contributed by atoms with Gasteiger partial charge in [-0.25, -0.2) is 13.6 Å². The van der Waals surface area contributed by atoms with E-state index in [-0.39, 0.29) is 17.9 Å². The number of carbonyl (C=O) groups is 2. The summed E-state index contributed by atoms with van der Waals surface area (Å²) >= 11 is 1.44. The second kappa shape index (κ2) is 10.7. The molecule has 1 amide bonds. The second-order valence-electron chi connectivity index (χ2n) is 7.75. The lowest BCUT2D eigenvalue weighted by Gasteiger charge is -2.18. The van der Waals surface area contributed by atoms with Crippen LogP contribution in [0.2, 0.25) is 0 Å². The standard InChI is InChI=1S/C25H25F2NO4S/c1-4-17(7-5-14(2)25(30)31)15(3)28-24(29)23-18-9-10-32-13-22(18)33-21(23)12-16-6-8-19(26)20(27)11-16/h4-8,11,15H,1,9-10,12-13H2,2-3H3,(H,28,29)(H,30,31)/b14-5+,17-7+. The number of allylic oxidation sites excluding steroid dienone is 2. The first-order valence-electron chi connectivity index (χ1n) is 10.4. The Morgan fingerprint density at radius 3 is 2.73 bits per heavy atom. The minimum Gasteiger partial charge on any atom is -0.478 e. The van der Waals surface area contributed by atoms with Gasteiger partial charge in [0, 0.05) is 21.7 Å². The van der Waals surface area contributed by atoms with Gasteiger partial charge in [0.1, 0.15) is 0 Å². The number of ether oxygens (including phenoxy) is 1. The smallest absolute Gasteiger partial charge is 0.331 e. The van der Waals surface area contributed by atoms with E-state index in [4.69, 9.17) is 9.84 Å². The van der Waals surface area contributed by atoms with E-state index < -0.39 is 23.6 Å². The summed E-state index contributed by atoms with van der Waals surface area (Å²) in [5, 5.41) is 12.0. The van der Waals surface area contributed by atoms with E-state index in [2.05, 4.69) is 11.9 Å². The van der Waals surface area contributed by atoms with Crippen molar-refractivity contribution in [3.05, 3.63) is 92.2 Å². The highest BCUT2D eigenvalue weighted by atomic mass is 32.1. The summed E-state index contributed by atoms with van der Waals surface area (Å²) in [7, 11) is 0. The number of thiophene rings is 1. The molecule has 1 unspecified atom stereocenters. The number of hydrogen-bond donors (Lipinski definition) is 2. The third-order valence-electron chi connectivity index (χ3n) is 5.42. The van der Waals surface area contributed by atoms with E-state index in [1.807, 2.05) is 0 Å². The van der Waals surface area contributed by atoms with E-state index in [0.29, 0.717) is 36.3 Å². The molecule has 0 fully saturated rings. The zero-order valence-electron chi connectivity index (χ0n) is 18.4. The SMILES string of the molecule is C=C/C(=C\C=C(/C)C(=O)O)C(C)NC(=O)c1c(Cc2ccc(F)c(F)c2)sc2c1CCOC2. The minimum atomic E-state index is -1.03. The molecule has 1 aliphatic rings. The van der Waals surface area contributed by atoms with Crippen molar-refractivity contribution < 1.29 is 28.2 Å². The van der Waals surface area contributed by atoms with Gasteiger partial charge < -0.3 is 15.2 Å². The zero-order valence-corrected chi connectivity index (χ0v) is 19.2. The van der Waals surface area contributed by atoms with Crippen molar-refractivity contribution in [2.75, 3.05) is 6.61 Å². The maximum atomic E-state index is 13.7. The van der Waals surface area contributed by atoms with E-state index in [1.54, 1.807) is 19.1 Å². The maximum absolute atomic E-state index is 13.7. The van der Waals surface area contributed by atoms with Crippen LogP contribution in [0.25, 0.3) is 0 Å². The Morgan fingerprint density at radius 2 is 2.06 bits per heavy atom. The third-order valence-corrected chi connectivity index (χ3v) is 6.62. The highest BCUT2D eigenvalue weighted by molar-refractivity contribution is 7.12. The van der Waals surface area contributed by atoms with Crippen molar-refractivity contribution in [3.8, 4) is 0 Å². The summed E-state index contributed by atoms with van der Waals surface area (Å²) in [6.07, 6.45) is 5.51. The van der Waals surface area contributed by atoms with Crippen LogP contribution in [0.1, 0.15) is 45.1 Å². The molecule has 8 heteroatoms. The summed E-state index contributed by atoms with van der Waals surface area (Å²) < 4.78 is 32.6. The van der Waals surface area contributed by atoms with Crippen molar-refractivity contribution in [2.24, 2.45) is 0 Å². The number of nitrogens with one attached hydrogen (secondary N) is 1. The van der Waals surface area contributed by atoms with Crippen LogP contribution in [0.4, 0.5) is 8.78 Å². The Balaban J connectivity index is 1.89. The molecule has 174 valence electrons. The molecular weight excluding hydrogens is 448 g/mol. The molecule has 1 aromatic carbocycles. The summed E-state index contributed by atoms with van der Waals surface area (Å²) in [5.41, 5.74) is 2.83. The van der Waals surface area contributed by atoms with Crippen LogP contribution < -0.4 is 5.32 Å². The second-order valence-corrected chi connectivity index (χ2v) is 8.94. The van der Waals surface area contributed by atoms with E-state index in [9.17, 15) is 18.4 Å². The number of carbonyl (C=O) groups excluding carboxylic acids is 1. The predicted octanol–water partition coefficient (Wildman–Crippen LogP) is 4.95. The number of carboxylic acids is 1. The number of amides is 1. The van der Waals surface area contributed by atoms with Gasteiger partial charge in [-0.1, -0.05) is 30.9 Å². The van der Waals surface area contributed by atoms with Crippen LogP contribution in [-0.2, 0) is 29.0 Å². The fourth-order valence-corrected chi connectivity index (χ4v) is 4.87. The van der Waals surface area contributed by atoms with Crippen LogP contribution in [0, 0.1) is 11.6 Å². The highest BCUT2D eigenvalue weighted by Gasteiger charge is 2.27. The van der Waals surface area contributed by atoms with Gasteiger partial charge in [0.05, 0.1) is 24.8 Å². The largest absolute Gasteiger partial charge is 0.478 e. The number of fused-ring (bicyclic) bond motifs is 1. The van der Waals surface area contributed by atoms with Crippen LogP contribution >= 0.6 is 11.3 Å². The third kappa shape index (κ3) is 5.83. The van der Waals surface area contributed by atoms with Gasteiger partial charge in [-0.3, -0.25) is 4.79 Å². The molecule has 0 spiro atoms. The Hall–Kier alpha value is -3.10. The molecule has 2 heterocycles. The molecule has 5 nitrogen and oxygen atoms in total. The highest BCUT2D eigenvalue weighted by Crippen LogP contribution is 2.34. The Bertz CT molecular complexity index is 1150. The number of rotatable bonds is 8. The summed E-state index contributed by atoms with van der Waals surface area (Å²) in [5.74, 6) is -3.16. The van der Waals surface area contributed by atoms with Gasteiger partial charge in [0.25, 0.3) is 5.91 Å². The van der Waals surface area contributed by atoms with Crippen molar-refractivity contribution in [1.29, 1.82) is 0 Å². The number of aliphatic carboxylic acids is 1. The topological polar surface area (TPSA) is 75.6 Å². The average molecular weight is 474 g/mol. The number of hydrogen-bond acceptors (Lipinski definition) is 4. The Kier molecular flexibility index (Phi) is 7.94. The predicted molar refractivity (Wildman–Crippen MR) is 123 cm³/mol. The van der Waals surface area contributed by atoms with Gasteiger partial charge in [-0.15, -0.1) is 11.3 Å². The molecule has 2 N–H and O–H groups in total. The zero-order chi connectivity index (χ0) is 24.1. The monoisotopic (exact) mass is 473 g/mol. The molecule has 2 aromatic rings. The first-order valence-corrected chi connectivity index (χ1v) is 11.2. The number of carboxylic acid groups (broad SMARTS) is 1. The van der Waals surface area contributed by atoms with Gasteiger partial charge in [0.15, 0.2) is 11.6 Å². The molecular formula is C25H25F2NO4S. The van der Waals surface area contributed by atoms with Gasteiger partial charge in [-0.05, 0) is 49.1 Å². The minimum absolute atomic E-state index is 0.161. The molecule has 0 bridgehead atoms. The molecule has 1 aromatic heterocycles. The summed E-state index contributed by atoms with van der Waals surface area (Å²) in [6, 6.07) is 3.30. The number of halogens is 2. The van der Waals surface area contributed by atoms with Crippen LogP contribution in [0.3, 0.4) is 0 Å². The quantitative estimate of drug-likeness (QED) is 0.420. The van der Waals surface area contributed by atoms with Crippen molar-refractivity contribution >= 4 is 23.2 Å². The van der Waals surface area contributed by atoms with Crippen LogP contribution in [0.5, 0.6) is 0 Å².